The standard InChI is InChI=1S/C18H13ClN2O3S/c19-13-4-2-12(3-5-13)18-21-14(9-25-18)17(22)20-8-11-1-6-15-16(7-11)24-10-23-15/h1-7,9H,8,10H2,(H,20,22). The molecular formula is C18H13ClN2O3S. The van der Waals surface area contributed by atoms with Gasteiger partial charge in [-0.15, -0.1) is 11.3 Å². The van der Waals surface area contributed by atoms with Crippen molar-refractivity contribution in [2.24, 2.45) is 0 Å². The van der Waals surface area contributed by atoms with Gasteiger partial charge in [-0.05, 0) is 29.8 Å². The van der Waals surface area contributed by atoms with Crippen molar-refractivity contribution < 1.29 is 14.3 Å². The Morgan fingerprint density at radius 3 is 2.80 bits per heavy atom. The number of fused-ring (bicyclic) bond motifs is 1. The average molecular weight is 373 g/mol. The number of hydrogen-bond acceptors (Lipinski definition) is 5. The number of carbonyl (C=O) groups excluding carboxylic acids is 1. The third-order valence-electron chi connectivity index (χ3n) is 3.72. The van der Waals surface area contributed by atoms with Gasteiger partial charge in [-0.3, -0.25) is 4.79 Å². The van der Waals surface area contributed by atoms with Crippen LogP contribution in [0.4, 0.5) is 0 Å². The van der Waals surface area contributed by atoms with E-state index in [0.717, 1.165) is 21.9 Å². The van der Waals surface area contributed by atoms with Gasteiger partial charge in [0.1, 0.15) is 10.7 Å². The first kappa shape index (κ1) is 15.9. The maximum absolute atomic E-state index is 12.3. The first-order valence-electron chi connectivity index (χ1n) is 7.57. The summed E-state index contributed by atoms with van der Waals surface area (Å²) in [5.74, 6) is 1.21. The molecular weight excluding hydrogens is 360 g/mol. The Morgan fingerprint density at radius 1 is 1.16 bits per heavy atom. The predicted octanol–water partition coefficient (Wildman–Crippen LogP) is 4.12. The Labute approximate surface area is 153 Å². The molecule has 3 aromatic rings. The van der Waals surface area contributed by atoms with E-state index in [1.807, 2.05) is 30.3 Å². The highest BCUT2D eigenvalue weighted by molar-refractivity contribution is 7.13. The number of benzene rings is 2. The zero-order valence-electron chi connectivity index (χ0n) is 13.0. The summed E-state index contributed by atoms with van der Waals surface area (Å²) in [7, 11) is 0. The number of hydrogen-bond donors (Lipinski definition) is 1. The smallest absolute Gasteiger partial charge is 0.271 e. The minimum atomic E-state index is -0.214. The van der Waals surface area contributed by atoms with Gasteiger partial charge in [0, 0.05) is 22.5 Å². The molecule has 1 N–H and O–H groups in total. The van der Waals surface area contributed by atoms with Crippen LogP contribution in [0.15, 0.2) is 47.8 Å². The normalized spacial score (nSPS) is 12.2. The lowest BCUT2D eigenvalue weighted by molar-refractivity contribution is 0.0946. The molecule has 0 saturated heterocycles. The fraction of sp³-hybridized carbons (Fsp3) is 0.111. The molecule has 7 heteroatoms. The molecule has 126 valence electrons. The molecule has 1 aromatic heterocycles. The maximum atomic E-state index is 12.3. The maximum Gasteiger partial charge on any atom is 0.271 e. The van der Waals surface area contributed by atoms with Crippen molar-refractivity contribution in [3.05, 3.63) is 64.1 Å². The van der Waals surface area contributed by atoms with Gasteiger partial charge in [-0.25, -0.2) is 4.98 Å². The number of rotatable bonds is 4. The zero-order chi connectivity index (χ0) is 17.2. The van der Waals surface area contributed by atoms with Gasteiger partial charge >= 0.3 is 0 Å². The summed E-state index contributed by atoms with van der Waals surface area (Å²) in [5, 5.41) is 6.07. The Kier molecular flexibility index (Phi) is 4.29. The van der Waals surface area contributed by atoms with Crippen LogP contribution in [0.5, 0.6) is 11.5 Å². The highest BCUT2D eigenvalue weighted by Crippen LogP contribution is 2.32. The van der Waals surface area contributed by atoms with Gasteiger partial charge in [0.2, 0.25) is 6.79 Å². The number of amides is 1. The highest BCUT2D eigenvalue weighted by Gasteiger charge is 2.15. The molecule has 0 unspecified atom stereocenters. The summed E-state index contributed by atoms with van der Waals surface area (Å²) >= 11 is 7.31. The van der Waals surface area contributed by atoms with E-state index in [0.29, 0.717) is 23.0 Å². The highest BCUT2D eigenvalue weighted by atomic mass is 35.5. The molecule has 0 saturated carbocycles. The van der Waals surface area contributed by atoms with E-state index in [-0.39, 0.29) is 12.7 Å². The molecule has 1 amide bonds. The van der Waals surface area contributed by atoms with Crippen molar-refractivity contribution in [2.75, 3.05) is 6.79 Å². The van der Waals surface area contributed by atoms with Crippen LogP contribution in [0, 0.1) is 0 Å². The molecule has 2 aromatic carbocycles. The van der Waals surface area contributed by atoms with Crippen molar-refractivity contribution in [1.82, 2.24) is 10.3 Å². The van der Waals surface area contributed by atoms with E-state index < -0.39 is 0 Å². The van der Waals surface area contributed by atoms with E-state index >= 15 is 0 Å². The Morgan fingerprint density at radius 2 is 1.96 bits per heavy atom. The van der Waals surface area contributed by atoms with Gasteiger partial charge in [0.15, 0.2) is 11.5 Å². The van der Waals surface area contributed by atoms with Gasteiger partial charge < -0.3 is 14.8 Å². The summed E-state index contributed by atoms with van der Waals surface area (Å²) in [6.45, 7) is 0.626. The van der Waals surface area contributed by atoms with Crippen molar-refractivity contribution >= 4 is 28.8 Å². The predicted molar refractivity (Wildman–Crippen MR) is 96.3 cm³/mol. The van der Waals surface area contributed by atoms with Gasteiger partial charge in [-0.2, -0.15) is 0 Å². The van der Waals surface area contributed by atoms with Gasteiger partial charge in [-0.1, -0.05) is 29.8 Å². The molecule has 0 atom stereocenters. The van der Waals surface area contributed by atoms with Gasteiger partial charge in [0.05, 0.1) is 0 Å². The molecule has 25 heavy (non-hydrogen) atoms. The molecule has 1 aliphatic heterocycles. The fourth-order valence-corrected chi connectivity index (χ4v) is 3.36. The summed E-state index contributed by atoms with van der Waals surface area (Å²) in [6, 6.07) is 13.0. The fourth-order valence-electron chi connectivity index (χ4n) is 2.43. The number of ether oxygens (including phenoxy) is 2. The van der Waals surface area contributed by atoms with E-state index in [2.05, 4.69) is 10.3 Å². The molecule has 2 heterocycles. The van der Waals surface area contributed by atoms with Crippen LogP contribution in [0.1, 0.15) is 16.1 Å². The molecule has 1 aliphatic rings. The molecule has 5 nitrogen and oxygen atoms in total. The lowest BCUT2D eigenvalue weighted by Gasteiger charge is -2.04. The average Bonchev–Trinajstić information content (AvgIpc) is 3.29. The number of thiazole rings is 1. The molecule has 0 spiro atoms. The van der Waals surface area contributed by atoms with Crippen molar-refractivity contribution in [2.45, 2.75) is 6.54 Å². The SMILES string of the molecule is O=C(NCc1ccc2c(c1)OCO2)c1csc(-c2ccc(Cl)cc2)n1. The second kappa shape index (κ2) is 6.74. The number of halogens is 1. The third kappa shape index (κ3) is 3.45. The van der Waals surface area contributed by atoms with Crippen LogP contribution < -0.4 is 14.8 Å². The zero-order valence-corrected chi connectivity index (χ0v) is 14.6. The second-order valence-electron chi connectivity index (χ2n) is 5.42. The van der Waals surface area contributed by atoms with Crippen molar-refractivity contribution in [3.63, 3.8) is 0 Å². The van der Waals surface area contributed by atoms with E-state index in [1.54, 1.807) is 17.5 Å². The largest absolute Gasteiger partial charge is 0.454 e. The quantitative estimate of drug-likeness (QED) is 0.748. The summed E-state index contributed by atoms with van der Waals surface area (Å²) in [5.41, 5.74) is 2.27. The van der Waals surface area contributed by atoms with E-state index in [1.165, 1.54) is 11.3 Å². The minimum Gasteiger partial charge on any atom is -0.454 e. The Hall–Kier alpha value is -2.57. The monoisotopic (exact) mass is 372 g/mol. The number of aromatic nitrogens is 1. The lowest BCUT2D eigenvalue weighted by atomic mass is 10.2. The van der Waals surface area contributed by atoms with Crippen LogP contribution in [0.25, 0.3) is 10.6 Å². The van der Waals surface area contributed by atoms with Crippen molar-refractivity contribution in [1.29, 1.82) is 0 Å². The van der Waals surface area contributed by atoms with Crippen LogP contribution in [-0.4, -0.2) is 17.7 Å². The van der Waals surface area contributed by atoms with Crippen LogP contribution in [0.3, 0.4) is 0 Å². The molecule has 0 aliphatic carbocycles. The number of carbonyl (C=O) groups is 1. The van der Waals surface area contributed by atoms with E-state index in [4.69, 9.17) is 21.1 Å². The topological polar surface area (TPSA) is 60.5 Å². The number of nitrogens with zero attached hydrogens (tertiary/aromatic N) is 1. The molecule has 0 bridgehead atoms. The summed E-state index contributed by atoms with van der Waals surface area (Å²) in [6.07, 6.45) is 0. The molecule has 4 rings (SSSR count). The van der Waals surface area contributed by atoms with Gasteiger partial charge in [0.25, 0.3) is 5.91 Å². The second-order valence-corrected chi connectivity index (χ2v) is 6.71. The Bertz CT molecular complexity index is 924. The minimum absolute atomic E-state index is 0.214. The summed E-state index contributed by atoms with van der Waals surface area (Å²) in [4.78, 5) is 16.7. The first-order chi connectivity index (χ1) is 12.2. The number of nitrogens with one attached hydrogen (secondary N) is 1. The summed E-state index contributed by atoms with van der Waals surface area (Å²) < 4.78 is 10.6. The van der Waals surface area contributed by atoms with Crippen LogP contribution >= 0.6 is 22.9 Å². The lowest BCUT2D eigenvalue weighted by Crippen LogP contribution is -2.23. The molecule has 0 radical (unpaired) electrons. The van der Waals surface area contributed by atoms with Crippen molar-refractivity contribution in [3.8, 4) is 22.1 Å². The van der Waals surface area contributed by atoms with Crippen LogP contribution in [0.2, 0.25) is 5.02 Å². The van der Waals surface area contributed by atoms with E-state index in [9.17, 15) is 4.79 Å². The van der Waals surface area contributed by atoms with Crippen LogP contribution in [-0.2, 0) is 6.54 Å². The Balaban J connectivity index is 1.42. The third-order valence-corrected chi connectivity index (χ3v) is 4.86. The first-order valence-corrected chi connectivity index (χ1v) is 8.83. The molecule has 0 fully saturated rings.